The van der Waals surface area contributed by atoms with Gasteiger partial charge in [-0.05, 0) is 68.8 Å². The first kappa shape index (κ1) is 20.1. The quantitative estimate of drug-likeness (QED) is 0.751. The van der Waals surface area contributed by atoms with E-state index in [-0.39, 0.29) is 23.5 Å². The second-order valence-corrected chi connectivity index (χ2v) is 8.17. The van der Waals surface area contributed by atoms with Crippen molar-refractivity contribution in [2.45, 2.75) is 31.7 Å². The Balaban J connectivity index is 2.09. The van der Waals surface area contributed by atoms with Gasteiger partial charge in [0, 0.05) is 16.8 Å². The van der Waals surface area contributed by atoms with Gasteiger partial charge in [0.2, 0.25) is 0 Å². The van der Waals surface area contributed by atoms with Crippen molar-refractivity contribution in [1.82, 2.24) is 5.32 Å². The summed E-state index contributed by atoms with van der Waals surface area (Å²) in [5.74, 6) is 0.217. The summed E-state index contributed by atoms with van der Waals surface area (Å²) in [6.07, 6.45) is 0. The zero-order chi connectivity index (χ0) is 19.3. The molecule has 0 saturated carbocycles. The molecule has 0 aliphatic rings. The van der Waals surface area contributed by atoms with Crippen molar-refractivity contribution in [2.75, 3.05) is 11.3 Å². The molecule has 0 saturated heterocycles. The number of aryl methyl sites for hydroxylation is 1. The number of hydrogen-bond donors (Lipinski definition) is 2. The van der Waals surface area contributed by atoms with Gasteiger partial charge < -0.3 is 10.1 Å². The minimum atomic E-state index is -3.74. The van der Waals surface area contributed by atoms with Crippen molar-refractivity contribution in [3.05, 3.63) is 53.1 Å². The van der Waals surface area contributed by atoms with E-state index in [4.69, 9.17) is 16.3 Å². The summed E-state index contributed by atoms with van der Waals surface area (Å²) in [4.78, 5) is 11.7. The highest BCUT2D eigenvalue weighted by atomic mass is 35.5. The molecule has 26 heavy (non-hydrogen) atoms. The van der Waals surface area contributed by atoms with Crippen LogP contribution in [0.25, 0.3) is 0 Å². The fourth-order valence-corrected chi connectivity index (χ4v) is 3.46. The number of rotatable bonds is 7. The molecule has 2 rings (SSSR count). The van der Waals surface area contributed by atoms with Gasteiger partial charge >= 0.3 is 0 Å². The highest BCUT2D eigenvalue weighted by Gasteiger charge is 2.16. The molecule has 0 aromatic heterocycles. The van der Waals surface area contributed by atoms with Gasteiger partial charge in [-0.15, -0.1) is 0 Å². The summed E-state index contributed by atoms with van der Waals surface area (Å²) in [7, 11) is -3.74. The van der Waals surface area contributed by atoms with Crippen molar-refractivity contribution in [3.8, 4) is 5.75 Å². The molecular formula is C18H21ClN2O4S. The van der Waals surface area contributed by atoms with Crippen molar-refractivity contribution in [3.63, 3.8) is 0 Å². The first-order valence-electron chi connectivity index (χ1n) is 7.98. The fraction of sp³-hybridized carbons (Fsp3) is 0.278. The van der Waals surface area contributed by atoms with Crippen LogP contribution in [0.4, 0.5) is 5.69 Å². The maximum atomic E-state index is 12.5. The van der Waals surface area contributed by atoms with Crippen LogP contribution in [-0.2, 0) is 14.8 Å². The van der Waals surface area contributed by atoms with Gasteiger partial charge in [0.1, 0.15) is 5.75 Å². The lowest BCUT2D eigenvalue weighted by molar-refractivity contribution is -0.123. The van der Waals surface area contributed by atoms with E-state index in [1.165, 1.54) is 18.2 Å². The van der Waals surface area contributed by atoms with Crippen LogP contribution in [0.5, 0.6) is 5.75 Å². The second kappa shape index (κ2) is 8.42. The zero-order valence-corrected chi connectivity index (χ0v) is 16.3. The average Bonchev–Trinajstić information content (AvgIpc) is 2.55. The van der Waals surface area contributed by atoms with Gasteiger partial charge in [-0.2, -0.15) is 0 Å². The number of ether oxygens (including phenoxy) is 1. The number of hydrogen-bond acceptors (Lipinski definition) is 4. The third-order valence-electron chi connectivity index (χ3n) is 3.36. The molecule has 2 aromatic carbocycles. The number of nitrogens with one attached hydrogen (secondary N) is 2. The smallest absolute Gasteiger partial charge is 0.261 e. The molecule has 2 N–H and O–H groups in total. The molecule has 0 aliphatic heterocycles. The van der Waals surface area contributed by atoms with Crippen molar-refractivity contribution in [1.29, 1.82) is 0 Å². The standard InChI is InChI=1S/C18H21ClN2O4S/c1-12(2)20-18(22)11-25-17-9-8-16(10-13(17)3)26(23,24)21-15-6-4-14(19)5-7-15/h4-10,12,21H,11H2,1-3H3,(H,20,22). The van der Waals surface area contributed by atoms with Gasteiger partial charge in [-0.25, -0.2) is 8.42 Å². The molecule has 0 atom stereocenters. The number of sulfonamides is 1. The molecule has 0 fully saturated rings. The Morgan fingerprint density at radius 1 is 1.15 bits per heavy atom. The van der Waals surface area contributed by atoms with Crippen molar-refractivity contribution in [2.24, 2.45) is 0 Å². The Morgan fingerprint density at radius 2 is 1.81 bits per heavy atom. The molecule has 0 bridgehead atoms. The Morgan fingerprint density at radius 3 is 2.38 bits per heavy atom. The molecule has 0 heterocycles. The molecule has 2 aromatic rings. The largest absolute Gasteiger partial charge is 0.484 e. The molecule has 0 unspecified atom stereocenters. The average molecular weight is 397 g/mol. The topological polar surface area (TPSA) is 84.5 Å². The maximum absolute atomic E-state index is 12.5. The molecular weight excluding hydrogens is 376 g/mol. The monoisotopic (exact) mass is 396 g/mol. The lowest BCUT2D eigenvalue weighted by Gasteiger charge is -2.13. The zero-order valence-electron chi connectivity index (χ0n) is 14.7. The number of halogens is 1. The third kappa shape index (κ3) is 5.64. The van der Waals surface area contributed by atoms with Crippen LogP contribution in [0.2, 0.25) is 5.02 Å². The number of amides is 1. The van der Waals surface area contributed by atoms with Crippen LogP contribution in [0.15, 0.2) is 47.4 Å². The van der Waals surface area contributed by atoms with Crippen LogP contribution in [0.1, 0.15) is 19.4 Å². The SMILES string of the molecule is Cc1cc(S(=O)(=O)Nc2ccc(Cl)cc2)ccc1OCC(=O)NC(C)C. The van der Waals surface area contributed by atoms with E-state index in [9.17, 15) is 13.2 Å². The molecule has 8 heteroatoms. The van der Waals surface area contributed by atoms with Crippen molar-refractivity contribution >= 4 is 33.2 Å². The molecule has 0 spiro atoms. The van der Waals surface area contributed by atoms with E-state index >= 15 is 0 Å². The Hall–Kier alpha value is -2.25. The van der Waals surface area contributed by atoms with Crippen LogP contribution in [-0.4, -0.2) is 27.0 Å². The summed E-state index contributed by atoms with van der Waals surface area (Å²) >= 11 is 5.80. The first-order chi connectivity index (χ1) is 12.2. The number of carbonyl (C=O) groups excluding carboxylic acids is 1. The van der Waals surface area contributed by atoms with Gasteiger partial charge in [-0.3, -0.25) is 9.52 Å². The van der Waals surface area contributed by atoms with E-state index < -0.39 is 10.0 Å². The van der Waals surface area contributed by atoms with Crippen LogP contribution in [0.3, 0.4) is 0 Å². The van der Waals surface area contributed by atoms with E-state index in [0.717, 1.165) is 0 Å². The highest BCUT2D eigenvalue weighted by Crippen LogP contribution is 2.24. The molecule has 1 amide bonds. The summed E-state index contributed by atoms with van der Waals surface area (Å²) in [5, 5.41) is 3.24. The normalized spacial score (nSPS) is 11.3. The molecule has 6 nitrogen and oxygen atoms in total. The molecule has 0 radical (unpaired) electrons. The van der Waals surface area contributed by atoms with Gasteiger partial charge in [-0.1, -0.05) is 11.6 Å². The number of carbonyl (C=O) groups is 1. The van der Waals surface area contributed by atoms with Crippen LogP contribution >= 0.6 is 11.6 Å². The van der Waals surface area contributed by atoms with E-state index in [2.05, 4.69) is 10.0 Å². The third-order valence-corrected chi connectivity index (χ3v) is 4.99. The minimum absolute atomic E-state index is 0.0265. The number of benzene rings is 2. The predicted molar refractivity (Wildman–Crippen MR) is 102 cm³/mol. The van der Waals surface area contributed by atoms with E-state index in [1.807, 2.05) is 13.8 Å². The summed E-state index contributed by atoms with van der Waals surface area (Å²) in [6, 6.07) is 10.9. The van der Waals surface area contributed by atoms with E-state index in [0.29, 0.717) is 22.0 Å². The Labute approximate surface area is 158 Å². The lowest BCUT2D eigenvalue weighted by atomic mass is 10.2. The summed E-state index contributed by atoms with van der Waals surface area (Å²) < 4.78 is 32.9. The number of anilines is 1. The van der Waals surface area contributed by atoms with Gasteiger partial charge in [0.05, 0.1) is 4.90 Å². The Kier molecular flexibility index (Phi) is 6.50. The maximum Gasteiger partial charge on any atom is 0.261 e. The van der Waals surface area contributed by atoms with Gasteiger partial charge in [0.25, 0.3) is 15.9 Å². The Bertz CT molecular complexity index is 881. The predicted octanol–water partition coefficient (Wildman–Crippen LogP) is 3.35. The summed E-state index contributed by atoms with van der Waals surface area (Å²) in [5.41, 5.74) is 1.03. The fourth-order valence-electron chi connectivity index (χ4n) is 2.19. The molecule has 0 aliphatic carbocycles. The highest BCUT2D eigenvalue weighted by molar-refractivity contribution is 7.92. The second-order valence-electron chi connectivity index (χ2n) is 6.05. The minimum Gasteiger partial charge on any atom is -0.484 e. The van der Waals surface area contributed by atoms with Gasteiger partial charge in [0.15, 0.2) is 6.61 Å². The van der Waals surface area contributed by atoms with Crippen molar-refractivity contribution < 1.29 is 17.9 Å². The van der Waals surface area contributed by atoms with Crippen LogP contribution < -0.4 is 14.8 Å². The summed E-state index contributed by atoms with van der Waals surface area (Å²) in [6.45, 7) is 5.30. The lowest BCUT2D eigenvalue weighted by Crippen LogP contribution is -2.34. The first-order valence-corrected chi connectivity index (χ1v) is 9.84. The molecule has 140 valence electrons. The van der Waals surface area contributed by atoms with Crippen LogP contribution in [0, 0.1) is 6.92 Å². The van der Waals surface area contributed by atoms with E-state index in [1.54, 1.807) is 31.2 Å².